The summed E-state index contributed by atoms with van der Waals surface area (Å²) in [6.07, 6.45) is 3.65. The van der Waals surface area contributed by atoms with Gasteiger partial charge in [0.25, 0.3) is 5.91 Å². The van der Waals surface area contributed by atoms with Crippen molar-refractivity contribution in [2.75, 3.05) is 45.4 Å². The second-order valence-corrected chi connectivity index (χ2v) is 6.87. The van der Waals surface area contributed by atoms with Gasteiger partial charge in [-0.05, 0) is 18.6 Å². The second-order valence-electron chi connectivity index (χ2n) is 6.87. The third-order valence-electron chi connectivity index (χ3n) is 4.81. The molecule has 1 amide bonds. The number of carbonyl (C=O) groups is 1. The van der Waals surface area contributed by atoms with Gasteiger partial charge in [0.2, 0.25) is 0 Å². The number of anilines is 1. The highest BCUT2D eigenvalue weighted by atomic mass is 16.6. The Morgan fingerprint density at radius 2 is 2.04 bits per heavy atom. The quantitative estimate of drug-likeness (QED) is 0.795. The Bertz CT molecular complexity index is 822. The molecule has 4 rings (SSSR count). The maximum absolute atomic E-state index is 12.8. The number of hydrogen-bond donors (Lipinski definition) is 0. The van der Waals surface area contributed by atoms with Crippen LogP contribution in [0.5, 0.6) is 0 Å². The predicted octanol–water partition coefficient (Wildman–Crippen LogP) is 0.905. The van der Waals surface area contributed by atoms with Crippen LogP contribution in [0.15, 0.2) is 24.5 Å². The van der Waals surface area contributed by atoms with Crippen molar-refractivity contribution in [2.45, 2.75) is 19.1 Å². The number of pyridine rings is 1. The lowest BCUT2D eigenvalue weighted by molar-refractivity contribution is -0.158. The van der Waals surface area contributed by atoms with E-state index in [9.17, 15) is 4.79 Å². The highest BCUT2D eigenvalue weighted by molar-refractivity contribution is 5.81. The van der Waals surface area contributed by atoms with Crippen molar-refractivity contribution in [3.05, 3.63) is 35.8 Å². The fraction of sp³-hybridized carbons (Fsp3) is 0.474. The SMILES string of the molecule is CN(C)c1nc(-c2ccncc2)nc2c1CCN(C(=O)C1COCCO1)C2. The van der Waals surface area contributed by atoms with Gasteiger partial charge in [-0.3, -0.25) is 9.78 Å². The molecule has 1 atom stereocenters. The molecule has 8 heteroatoms. The molecule has 27 heavy (non-hydrogen) atoms. The van der Waals surface area contributed by atoms with Crippen molar-refractivity contribution in [2.24, 2.45) is 0 Å². The summed E-state index contributed by atoms with van der Waals surface area (Å²) in [4.78, 5) is 30.2. The fourth-order valence-electron chi connectivity index (χ4n) is 3.43. The van der Waals surface area contributed by atoms with Crippen LogP contribution in [0.3, 0.4) is 0 Å². The zero-order valence-corrected chi connectivity index (χ0v) is 15.6. The number of rotatable bonds is 3. The average Bonchev–Trinajstić information content (AvgIpc) is 2.73. The van der Waals surface area contributed by atoms with Crippen LogP contribution >= 0.6 is 0 Å². The number of ether oxygens (including phenoxy) is 2. The summed E-state index contributed by atoms with van der Waals surface area (Å²) in [7, 11) is 3.95. The molecular formula is C19H23N5O3. The first-order chi connectivity index (χ1) is 13.1. The largest absolute Gasteiger partial charge is 0.376 e. The predicted molar refractivity (Wildman–Crippen MR) is 99.3 cm³/mol. The Balaban J connectivity index is 1.65. The minimum Gasteiger partial charge on any atom is -0.376 e. The first kappa shape index (κ1) is 17.8. The maximum Gasteiger partial charge on any atom is 0.254 e. The lowest BCUT2D eigenvalue weighted by atomic mass is 10.0. The Morgan fingerprint density at radius 3 is 2.74 bits per heavy atom. The number of amides is 1. The Hall–Kier alpha value is -2.58. The fourth-order valence-corrected chi connectivity index (χ4v) is 3.43. The molecular weight excluding hydrogens is 346 g/mol. The van der Waals surface area contributed by atoms with Crippen LogP contribution in [-0.4, -0.2) is 72.3 Å². The Morgan fingerprint density at radius 1 is 1.22 bits per heavy atom. The molecule has 2 aromatic heterocycles. The minimum absolute atomic E-state index is 0.0316. The summed E-state index contributed by atoms with van der Waals surface area (Å²) in [5.41, 5.74) is 2.89. The van der Waals surface area contributed by atoms with Crippen LogP contribution in [0.25, 0.3) is 11.4 Å². The summed E-state index contributed by atoms with van der Waals surface area (Å²) in [6.45, 7) is 2.40. The first-order valence-corrected chi connectivity index (χ1v) is 9.09. The van der Waals surface area contributed by atoms with Gasteiger partial charge in [-0.2, -0.15) is 0 Å². The third kappa shape index (κ3) is 3.63. The highest BCUT2D eigenvalue weighted by Crippen LogP contribution is 2.28. The van der Waals surface area contributed by atoms with E-state index in [1.54, 1.807) is 12.4 Å². The van der Waals surface area contributed by atoms with Crippen LogP contribution < -0.4 is 4.90 Å². The van der Waals surface area contributed by atoms with Crippen molar-refractivity contribution in [3.63, 3.8) is 0 Å². The van der Waals surface area contributed by atoms with Crippen molar-refractivity contribution in [1.29, 1.82) is 0 Å². The molecule has 2 aliphatic rings. The Labute approximate surface area is 158 Å². The van der Waals surface area contributed by atoms with Crippen LogP contribution in [0, 0.1) is 0 Å². The van der Waals surface area contributed by atoms with E-state index in [0.29, 0.717) is 38.7 Å². The molecule has 8 nitrogen and oxygen atoms in total. The normalized spacial score (nSPS) is 19.5. The molecule has 2 aromatic rings. The molecule has 0 spiro atoms. The summed E-state index contributed by atoms with van der Waals surface area (Å²) in [5.74, 6) is 1.51. The van der Waals surface area contributed by atoms with Gasteiger partial charge in [0.05, 0.1) is 32.1 Å². The van der Waals surface area contributed by atoms with Crippen LogP contribution in [-0.2, 0) is 27.2 Å². The zero-order chi connectivity index (χ0) is 18.8. The van der Waals surface area contributed by atoms with Gasteiger partial charge in [-0.25, -0.2) is 9.97 Å². The van der Waals surface area contributed by atoms with E-state index in [-0.39, 0.29) is 5.91 Å². The van der Waals surface area contributed by atoms with E-state index < -0.39 is 6.10 Å². The molecule has 0 aromatic carbocycles. The number of nitrogens with zero attached hydrogens (tertiary/aromatic N) is 5. The summed E-state index contributed by atoms with van der Waals surface area (Å²) in [5, 5.41) is 0. The molecule has 0 radical (unpaired) electrons. The topological polar surface area (TPSA) is 80.7 Å². The lowest BCUT2D eigenvalue weighted by Crippen LogP contribution is -2.47. The zero-order valence-electron chi connectivity index (χ0n) is 15.6. The number of hydrogen-bond acceptors (Lipinski definition) is 7. The summed E-state index contributed by atoms with van der Waals surface area (Å²) < 4.78 is 11.0. The standard InChI is InChI=1S/C19H23N5O3/c1-23(2)18-14-5-8-24(19(25)16-12-26-9-10-27-16)11-15(14)21-17(22-18)13-3-6-20-7-4-13/h3-4,6-7,16H,5,8-12H2,1-2H3. The van der Waals surface area contributed by atoms with Gasteiger partial charge in [-0.15, -0.1) is 0 Å². The lowest BCUT2D eigenvalue weighted by Gasteiger charge is -2.33. The highest BCUT2D eigenvalue weighted by Gasteiger charge is 2.32. The van der Waals surface area contributed by atoms with Crippen molar-refractivity contribution >= 4 is 11.7 Å². The van der Waals surface area contributed by atoms with Crippen LogP contribution in [0.1, 0.15) is 11.3 Å². The molecule has 1 unspecified atom stereocenters. The molecule has 4 heterocycles. The van der Waals surface area contributed by atoms with Gasteiger partial charge in [0, 0.05) is 44.2 Å². The average molecular weight is 369 g/mol. The molecule has 142 valence electrons. The van der Waals surface area contributed by atoms with Gasteiger partial charge < -0.3 is 19.3 Å². The first-order valence-electron chi connectivity index (χ1n) is 9.09. The van der Waals surface area contributed by atoms with Gasteiger partial charge in [0.15, 0.2) is 11.9 Å². The van der Waals surface area contributed by atoms with Crippen molar-refractivity contribution in [1.82, 2.24) is 19.9 Å². The second kappa shape index (κ2) is 7.58. The monoisotopic (exact) mass is 369 g/mol. The summed E-state index contributed by atoms with van der Waals surface area (Å²) in [6, 6.07) is 3.78. The van der Waals surface area contributed by atoms with E-state index in [2.05, 4.69) is 4.98 Å². The van der Waals surface area contributed by atoms with E-state index in [4.69, 9.17) is 19.4 Å². The van der Waals surface area contributed by atoms with Crippen molar-refractivity contribution < 1.29 is 14.3 Å². The molecule has 0 bridgehead atoms. The van der Waals surface area contributed by atoms with E-state index in [0.717, 1.165) is 29.1 Å². The Kier molecular flexibility index (Phi) is 5.00. The van der Waals surface area contributed by atoms with Crippen molar-refractivity contribution in [3.8, 4) is 11.4 Å². The van der Waals surface area contributed by atoms with Crippen LogP contribution in [0.4, 0.5) is 5.82 Å². The summed E-state index contributed by atoms with van der Waals surface area (Å²) >= 11 is 0. The number of carbonyl (C=O) groups excluding carboxylic acids is 1. The van der Waals surface area contributed by atoms with E-state index >= 15 is 0 Å². The molecule has 0 saturated carbocycles. The van der Waals surface area contributed by atoms with Gasteiger partial charge in [0.1, 0.15) is 5.82 Å². The van der Waals surface area contributed by atoms with Crippen LogP contribution in [0.2, 0.25) is 0 Å². The third-order valence-corrected chi connectivity index (χ3v) is 4.81. The number of aromatic nitrogens is 3. The van der Waals surface area contributed by atoms with Gasteiger partial charge >= 0.3 is 0 Å². The molecule has 1 fully saturated rings. The van der Waals surface area contributed by atoms with Gasteiger partial charge in [-0.1, -0.05) is 0 Å². The molecule has 2 aliphatic heterocycles. The van der Waals surface area contributed by atoms with E-state index in [1.807, 2.05) is 36.0 Å². The smallest absolute Gasteiger partial charge is 0.254 e. The van der Waals surface area contributed by atoms with E-state index in [1.165, 1.54) is 0 Å². The number of fused-ring (bicyclic) bond motifs is 1. The molecule has 0 N–H and O–H groups in total. The maximum atomic E-state index is 12.8. The molecule has 1 saturated heterocycles. The minimum atomic E-state index is -0.518. The molecule has 0 aliphatic carbocycles.